The SMILES string of the molecule is COc1ccc(C(=O)C(C)OC(=O)CCn2nc(C)cc2C)cc1. The molecule has 1 aromatic heterocycles. The van der Waals surface area contributed by atoms with Crippen molar-refractivity contribution < 1.29 is 19.1 Å². The van der Waals surface area contributed by atoms with Crippen LogP contribution in [0, 0.1) is 13.8 Å². The van der Waals surface area contributed by atoms with E-state index in [2.05, 4.69) is 5.10 Å². The smallest absolute Gasteiger partial charge is 0.308 e. The Balaban J connectivity index is 1.88. The molecule has 1 aromatic carbocycles. The van der Waals surface area contributed by atoms with Gasteiger partial charge in [-0.1, -0.05) is 0 Å². The van der Waals surface area contributed by atoms with Gasteiger partial charge in [-0.25, -0.2) is 0 Å². The standard InChI is InChI=1S/C18H22N2O4/c1-12-11-13(2)20(19-12)10-9-17(21)24-14(3)18(22)15-5-7-16(23-4)8-6-15/h5-8,11,14H,9-10H2,1-4H3. The normalized spacial score (nSPS) is 11.8. The van der Waals surface area contributed by atoms with Crippen molar-refractivity contribution in [2.24, 2.45) is 0 Å². The lowest BCUT2D eigenvalue weighted by Crippen LogP contribution is -2.25. The van der Waals surface area contributed by atoms with Crippen molar-refractivity contribution in [3.63, 3.8) is 0 Å². The van der Waals surface area contributed by atoms with E-state index in [1.165, 1.54) is 0 Å². The number of ketones is 1. The van der Waals surface area contributed by atoms with Gasteiger partial charge in [0.2, 0.25) is 5.78 Å². The van der Waals surface area contributed by atoms with Crippen molar-refractivity contribution in [3.05, 3.63) is 47.3 Å². The second-order valence-corrected chi connectivity index (χ2v) is 5.63. The lowest BCUT2D eigenvalue weighted by atomic mass is 10.1. The van der Waals surface area contributed by atoms with Crippen LogP contribution in [-0.2, 0) is 16.1 Å². The number of ether oxygens (including phenoxy) is 2. The highest BCUT2D eigenvalue weighted by Gasteiger charge is 2.19. The first kappa shape index (κ1) is 17.7. The van der Waals surface area contributed by atoms with E-state index in [9.17, 15) is 9.59 Å². The van der Waals surface area contributed by atoms with Crippen LogP contribution in [0.3, 0.4) is 0 Å². The van der Waals surface area contributed by atoms with Crippen LogP contribution in [-0.4, -0.2) is 34.7 Å². The Morgan fingerprint density at radius 1 is 1.21 bits per heavy atom. The number of carbonyl (C=O) groups is 2. The van der Waals surface area contributed by atoms with Gasteiger partial charge in [-0.05, 0) is 51.1 Å². The minimum atomic E-state index is -0.827. The Labute approximate surface area is 141 Å². The third kappa shape index (κ3) is 4.44. The van der Waals surface area contributed by atoms with Gasteiger partial charge in [-0.15, -0.1) is 0 Å². The first-order valence-corrected chi connectivity index (χ1v) is 7.79. The fourth-order valence-electron chi connectivity index (χ4n) is 2.40. The second kappa shape index (κ2) is 7.77. The average molecular weight is 330 g/mol. The summed E-state index contributed by atoms with van der Waals surface area (Å²) in [6, 6.07) is 8.65. The zero-order valence-corrected chi connectivity index (χ0v) is 14.4. The fourth-order valence-corrected chi connectivity index (χ4v) is 2.40. The molecule has 1 atom stereocenters. The molecule has 2 rings (SSSR count). The predicted molar refractivity (Wildman–Crippen MR) is 89.2 cm³/mol. The van der Waals surface area contributed by atoms with Crippen molar-refractivity contribution in [1.82, 2.24) is 9.78 Å². The Kier molecular flexibility index (Phi) is 5.73. The van der Waals surface area contributed by atoms with Gasteiger partial charge in [0.05, 0.1) is 25.8 Å². The Morgan fingerprint density at radius 2 is 1.88 bits per heavy atom. The molecule has 0 aliphatic carbocycles. The van der Waals surface area contributed by atoms with Crippen LogP contribution < -0.4 is 4.74 Å². The molecule has 0 radical (unpaired) electrons. The zero-order chi connectivity index (χ0) is 17.7. The monoisotopic (exact) mass is 330 g/mol. The van der Waals surface area contributed by atoms with Gasteiger partial charge in [0.15, 0.2) is 6.10 Å². The molecule has 0 bridgehead atoms. The number of rotatable bonds is 7. The highest BCUT2D eigenvalue weighted by molar-refractivity contribution is 6.00. The topological polar surface area (TPSA) is 70.4 Å². The van der Waals surface area contributed by atoms with Crippen LogP contribution in [0.2, 0.25) is 0 Å². The number of Topliss-reactive ketones (excluding diaryl/α,β-unsaturated/α-hetero) is 1. The number of hydrogen-bond acceptors (Lipinski definition) is 5. The molecule has 24 heavy (non-hydrogen) atoms. The summed E-state index contributed by atoms with van der Waals surface area (Å²) in [7, 11) is 1.56. The number of esters is 1. The Hall–Kier alpha value is -2.63. The van der Waals surface area contributed by atoms with Crippen molar-refractivity contribution in [3.8, 4) is 5.75 Å². The van der Waals surface area contributed by atoms with Crippen LogP contribution in [0.4, 0.5) is 0 Å². The van der Waals surface area contributed by atoms with Gasteiger partial charge in [0.1, 0.15) is 5.75 Å². The fraction of sp³-hybridized carbons (Fsp3) is 0.389. The quantitative estimate of drug-likeness (QED) is 0.577. The molecule has 1 heterocycles. The highest BCUT2D eigenvalue weighted by Crippen LogP contribution is 2.14. The summed E-state index contributed by atoms with van der Waals surface area (Å²) in [4.78, 5) is 24.2. The maximum atomic E-state index is 12.3. The number of benzene rings is 1. The lowest BCUT2D eigenvalue weighted by molar-refractivity contribution is -0.146. The predicted octanol–water partition coefficient (Wildman–Crippen LogP) is 2.71. The first-order valence-electron chi connectivity index (χ1n) is 7.79. The third-order valence-electron chi connectivity index (χ3n) is 3.68. The van der Waals surface area contributed by atoms with Crippen molar-refractivity contribution in [2.75, 3.05) is 7.11 Å². The van der Waals surface area contributed by atoms with Crippen LogP contribution in [0.5, 0.6) is 5.75 Å². The van der Waals surface area contributed by atoms with E-state index in [0.29, 0.717) is 17.9 Å². The summed E-state index contributed by atoms with van der Waals surface area (Å²) in [5.41, 5.74) is 2.38. The second-order valence-electron chi connectivity index (χ2n) is 5.63. The van der Waals surface area contributed by atoms with Gasteiger partial charge in [0, 0.05) is 11.3 Å². The van der Waals surface area contributed by atoms with Crippen LogP contribution in [0.25, 0.3) is 0 Å². The number of aryl methyl sites for hydroxylation is 3. The first-order chi connectivity index (χ1) is 11.4. The van der Waals surface area contributed by atoms with Gasteiger partial charge in [0.25, 0.3) is 0 Å². The molecule has 0 aliphatic rings. The molecule has 128 valence electrons. The summed E-state index contributed by atoms with van der Waals surface area (Å²) in [6.45, 7) is 5.84. The van der Waals surface area contributed by atoms with Crippen LogP contribution >= 0.6 is 0 Å². The largest absolute Gasteiger partial charge is 0.497 e. The van der Waals surface area contributed by atoms with E-state index in [1.807, 2.05) is 19.9 Å². The van der Waals surface area contributed by atoms with E-state index in [4.69, 9.17) is 9.47 Å². The molecule has 0 fully saturated rings. The third-order valence-corrected chi connectivity index (χ3v) is 3.68. The molecular formula is C18H22N2O4. The average Bonchev–Trinajstić information content (AvgIpc) is 2.89. The van der Waals surface area contributed by atoms with E-state index in [0.717, 1.165) is 11.4 Å². The minimum absolute atomic E-state index is 0.169. The summed E-state index contributed by atoms with van der Waals surface area (Å²) in [5.74, 6) is 0.00937. The van der Waals surface area contributed by atoms with E-state index >= 15 is 0 Å². The van der Waals surface area contributed by atoms with Crippen molar-refractivity contribution in [1.29, 1.82) is 0 Å². The summed E-state index contributed by atoms with van der Waals surface area (Å²) in [5, 5.41) is 4.29. The number of hydrogen-bond donors (Lipinski definition) is 0. The molecule has 1 unspecified atom stereocenters. The molecule has 0 saturated heterocycles. The van der Waals surface area contributed by atoms with Crippen molar-refractivity contribution in [2.45, 2.75) is 39.8 Å². The molecule has 6 heteroatoms. The lowest BCUT2D eigenvalue weighted by Gasteiger charge is -2.13. The number of nitrogens with zero attached hydrogens (tertiary/aromatic N) is 2. The molecular weight excluding hydrogens is 308 g/mol. The number of aromatic nitrogens is 2. The van der Waals surface area contributed by atoms with E-state index < -0.39 is 12.1 Å². The molecule has 6 nitrogen and oxygen atoms in total. The van der Waals surface area contributed by atoms with Gasteiger partial charge < -0.3 is 9.47 Å². The molecule has 0 spiro atoms. The summed E-state index contributed by atoms with van der Waals surface area (Å²) >= 11 is 0. The van der Waals surface area contributed by atoms with E-state index in [-0.39, 0.29) is 12.2 Å². The maximum absolute atomic E-state index is 12.3. The number of methoxy groups -OCH3 is 1. The summed E-state index contributed by atoms with van der Waals surface area (Å²) in [6.07, 6.45) is -0.659. The van der Waals surface area contributed by atoms with Gasteiger partial charge >= 0.3 is 5.97 Å². The minimum Gasteiger partial charge on any atom is -0.497 e. The summed E-state index contributed by atoms with van der Waals surface area (Å²) < 4.78 is 12.0. The van der Waals surface area contributed by atoms with E-state index in [1.54, 1.807) is 43.0 Å². The molecule has 0 aliphatic heterocycles. The van der Waals surface area contributed by atoms with Crippen LogP contribution in [0.15, 0.2) is 30.3 Å². The maximum Gasteiger partial charge on any atom is 0.308 e. The van der Waals surface area contributed by atoms with Gasteiger partial charge in [-0.2, -0.15) is 5.10 Å². The Bertz CT molecular complexity index is 719. The molecule has 0 amide bonds. The number of carbonyl (C=O) groups excluding carboxylic acids is 2. The van der Waals surface area contributed by atoms with Crippen LogP contribution in [0.1, 0.15) is 35.1 Å². The molecule has 2 aromatic rings. The Morgan fingerprint density at radius 3 is 2.42 bits per heavy atom. The zero-order valence-electron chi connectivity index (χ0n) is 14.4. The molecule has 0 N–H and O–H groups in total. The van der Waals surface area contributed by atoms with Gasteiger partial charge in [-0.3, -0.25) is 14.3 Å². The highest BCUT2D eigenvalue weighted by atomic mass is 16.5. The molecule has 0 saturated carbocycles. The van der Waals surface area contributed by atoms with Crippen molar-refractivity contribution >= 4 is 11.8 Å².